The first-order valence-electron chi connectivity index (χ1n) is 6.51. The van der Waals surface area contributed by atoms with E-state index in [0.29, 0.717) is 0 Å². The highest BCUT2D eigenvalue weighted by atomic mass is 19.4. The number of nitrogens with one attached hydrogen (secondary N) is 2. The highest BCUT2D eigenvalue weighted by Gasteiger charge is 2.39. The first kappa shape index (κ1) is 19.3. The SMILES string of the molecule is C=C(NC(=O)C(F)(F)F)c1cc(F)ccc1OC(C)CNC(=O)O. The Morgan fingerprint density at radius 3 is 2.54 bits per heavy atom. The highest BCUT2D eigenvalue weighted by molar-refractivity contribution is 5.90. The summed E-state index contributed by atoms with van der Waals surface area (Å²) in [6, 6.07) is 2.97. The molecule has 1 atom stereocenters. The van der Waals surface area contributed by atoms with Crippen LogP contribution in [0.15, 0.2) is 24.8 Å². The molecule has 0 bridgehead atoms. The average molecular weight is 350 g/mol. The summed E-state index contributed by atoms with van der Waals surface area (Å²) < 4.78 is 55.5. The number of hydrogen-bond acceptors (Lipinski definition) is 3. The van der Waals surface area contributed by atoms with Crippen molar-refractivity contribution in [3.8, 4) is 5.75 Å². The van der Waals surface area contributed by atoms with Crippen LogP contribution in [-0.2, 0) is 4.79 Å². The summed E-state index contributed by atoms with van der Waals surface area (Å²) in [5.74, 6) is -3.11. The van der Waals surface area contributed by atoms with E-state index in [2.05, 4.69) is 11.9 Å². The maximum atomic E-state index is 13.3. The Bertz CT molecular complexity index is 646. The Morgan fingerprint density at radius 2 is 2.00 bits per heavy atom. The van der Waals surface area contributed by atoms with E-state index in [1.54, 1.807) is 0 Å². The van der Waals surface area contributed by atoms with Gasteiger partial charge < -0.3 is 20.5 Å². The number of ether oxygens (including phenoxy) is 1. The lowest BCUT2D eigenvalue weighted by molar-refractivity contribution is -0.172. The standard InChI is InChI=1S/C14H14F4N2O4/c1-7(6-19-13(22)23)24-11-4-3-9(15)5-10(11)8(2)20-12(21)14(16,17)18/h3-5,7,19H,2,6H2,1H3,(H,20,21)(H,22,23). The zero-order valence-corrected chi connectivity index (χ0v) is 12.4. The van der Waals surface area contributed by atoms with Gasteiger partial charge >= 0.3 is 18.2 Å². The summed E-state index contributed by atoms with van der Waals surface area (Å²) in [7, 11) is 0. The predicted molar refractivity (Wildman–Crippen MR) is 75.7 cm³/mol. The highest BCUT2D eigenvalue weighted by Crippen LogP contribution is 2.27. The minimum Gasteiger partial charge on any atom is -0.488 e. The third-order valence-corrected chi connectivity index (χ3v) is 2.66. The third kappa shape index (κ3) is 5.78. The monoisotopic (exact) mass is 350 g/mol. The summed E-state index contributed by atoms with van der Waals surface area (Å²) >= 11 is 0. The molecule has 0 heterocycles. The Hall–Kier alpha value is -2.78. The van der Waals surface area contributed by atoms with Gasteiger partial charge in [-0.05, 0) is 25.1 Å². The lowest BCUT2D eigenvalue weighted by Crippen LogP contribution is -2.35. The van der Waals surface area contributed by atoms with E-state index in [0.717, 1.165) is 18.2 Å². The fourth-order valence-corrected chi connectivity index (χ4v) is 1.61. The molecule has 1 aromatic carbocycles. The summed E-state index contributed by atoms with van der Waals surface area (Å²) in [5.41, 5.74) is -0.708. The molecule has 3 N–H and O–H groups in total. The van der Waals surface area contributed by atoms with Crippen LogP contribution in [0.2, 0.25) is 0 Å². The number of hydrogen-bond donors (Lipinski definition) is 3. The number of halogens is 4. The first-order valence-corrected chi connectivity index (χ1v) is 6.51. The molecule has 0 aromatic heterocycles. The summed E-state index contributed by atoms with van der Waals surface area (Å²) in [4.78, 5) is 21.3. The smallest absolute Gasteiger partial charge is 0.471 e. The van der Waals surface area contributed by atoms with Crippen LogP contribution in [-0.4, -0.2) is 35.9 Å². The van der Waals surface area contributed by atoms with Crippen molar-refractivity contribution in [2.45, 2.75) is 19.2 Å². The van der Waals surface area contributed by atoms with Crippen LogP contribution in [0.1, 0.15) is 12.5 Å². The van der Waals surface area contributed by atoms with Crippen molar-refractivity contribution < 1.29 is 37.0 Å². The molecule has 0 saturated carbocycles. The summed E-state index contributed by atoms with van der Waals surface area (Å²) in [6.07, 6.45) is -7.13. The van der Waals surface area contributed by atoms with Gasteiger partial charge in [-0.2, -0.15) is 13.2 Å². The van der Waals surface area contributed by atoms with Crippen molar-refractivity contribution in [2.75, 3.05) is 6.54 Å². The molecule has 0 aliphatic rings. The lowest BCUT2D eigenvalue weighted by Gasteiger charge is -2.19. The van der Waals surface area contributed by atoms with Crippen LogP contribution >= 0.6 is 0 Å². The normalized spacial score (nSPS) is 12.2. The van der Waals surface area contributed by atoms with Gasteiger partial charge in [0.1, 0.15) is 17.7 Å². The van der Waals surface area contributed by atoms with Gasteiger partial charge in [-0.3, -0.25) is 4.79 Å². The minimum absolute atomic E-state index is 0.0661. The number of carbonyl (C=O) groups excluding carboxylic acids is 1. The van der Waals surface area contributed by atoms with E-state index in [9.17, 15) is 27.2 Å². The molecule has 0 saturated heterocycles. The average Bonchev–Trinajstić information content (AvgIpc) is 2.45. The summed E-state index contributed by atoms with van der Waals surface area (Å²) in [6.45, 7) is 4.64. The molecule has 0 spiro atoms. The molecule has 1 aromatic rings. The van der Waals surface area contributed by atoms with Gasteiger partial charge in [0, 0.05) is 11.3 Å². The van der Waals surface area contributed by atoms with Crippen LogP contribution in [0.4, 0.5) is 22.4 Å². The topological polar surface area (TPSA) is 87.7 Å². The van der Waals surface area contributed by atoms with Gasteiger partial charge in [0.05, 0.1) is 6.54 Å². The number of carboxylic acid groups (broad SMARTS) is 1. The van der Waals surface area contributed by atoms with E-state index in [4.69, 9.17) is 9.84 Å². The second-order valence-corrected chi connectivity index (χ2v) is 4.69. The fourth-order valence-electron chi connectivity index (χ4n) is 1.61. The minimum atomic E-state index is -5.13. The molecule has 132 valence electrons. The molecule has 24 heavy (non-hydrogen) atoms. The third-order valence-electron chi connectivity index (χ3n) is 2.66. The van der Waals surface area contributed by atoms with Crippen LogP contribution in [0.3, 0.4) is 0 Å². The number of rotatable bonds is 6. The Labute approximate surface area is 134 Å². The Balaban J connectivity index is 2.93. The lowest BCUT2D eigenvalue weighted by atomic mass is 10.1. The van der Waals surface area contributed by atoms with Gasteiger partial charge in [0.15, 0.2) is 0 Å². The Morgan fingerprint density at radius 1 is 1.38 bits per heavy atom. The van der Waals surface area contributed by atoms with Gasteiger partial charge in [0.2, 0.25) is 0 Å². The zero-order valence-electron chi connectivity index (χ0n) is 12.4. The van der Waals surface area contributed by atoms with Gasteiger partial charge in [0.25, 0.3) is 0 Å². The molecule has 10 heteroatoms. The van der Waals surface area contributed by atoms with Crippen LogP contribution in [0, 0.1) is 5.82 Å². The molecule has 0 aliphatic carbocycles. The molecule has 1 unspecified atom stereocenters. The molecule has 2 amide bonds. The maximum Gasteiger partial charge on any atom is 0.471 e. The zero-order chi connectivity index (χ0) is 18.5. The van der Waals surface area contributed by atoms with Crippen molar-refractivity contribution in [1.82, 2.24) is 10.6 Å². The fraction of sp³-hybridized carbons (Fsp3) is 0.286. The predicted octanol–water partition coefficient (Wildman–Crippen LogP) is 2.51. The van der Waals surface area contributed by atoms with Gasteiger partial charge in [-0.1, -0.05) is 6.58 Å². The molecular weight excluding hydrogens is 336 g/mol. The molecule has 0 radical (unpaired) electrons. The van der Waals surface area contributed by atoms with Crippen molar-refractivity contribution >= 4 is 17.7 Å². The van der Waals surface area contributed by atoms with Crippen molar-refractivity contribution in [3.63, 3.8) is 0 Å². The van der Waals surface area contributed by atoms with E-state index in [-0.39, 0.29) is 17.9 Å². The van der Waals surface area contributed by atoms with Gasteiger partial charge in [-0.25, -0.2) is 9.18 Å². The van der Waals surface area contributed by atoms with Crippen molar-refractivity contribution in [1.29, 1.82) is 0 Å². The number of carbonyl (C=O) groups is 2. The number of benzene rings is 1. The molecule has 1 rings (SSSR count). The van der Waals surface area contributed by atoms with Crippen LogP contribution in [0.25, 0.3) is 5.70 Å². The maximum absolute atomic E-state index is 13.3. The van der Waals surface area contributed by atoms with E-state index < -0.39 is 35.8 Å². The first-order chi connectivity index (χ1) is 11.0. The molecule has 0 fully saturated rings. The largest absolute Gasteiger partial charge is 0.488 e. The molecule has 6 nitrogen and oxygen atoms in total. The van der Waals surface area contributed by atoms with E-state index in [1.165, 1.54) is 12.2 Å². The molecular formula is C14H14F4N2O4. The van der Waals surface area contributed by atoms with Crippen molar-refractivity contribution in [3.05, 3.63) is 36.2 Å². The number of amides is 2. The van der Waals surface area contributed by atoms with Crippen LogP contribution < -0.4 is 15.4 Å². The quantitative estimate of drug-likeness (QED) is 0.688. The van der Waals surface area contributed by atoms with Crippen molar-refractivity contribution in [2.24, 2.45) is 0 Å². The Kier molecular flexibility index (Phi) is 6.15. The van der Waals surface area contributed by atoms with Gasteiger partial charge in [-0.15, -0.1) is 0 Å². The second-order valence-electron chi connectivity index (χ2n) is 4.69. The second kappa shape index (κ2) is 7.66. The van der Waals surface area contributed by atoms with E-state index >= 15 is 0 Å². The van der Waals surface area contributed by atoms with E-state index in [1.807, 2.05) is 0 Å². The molecule has 0 aliphatic heterocycles. The summed E-state index contributed by atoms with van der Waals surface area (Å²) in [5, 5.41) is 12.1. The number of alkyl halides is 3. The van der Waals surface area contributed by atoms with Crippen LogP contribution in [0.5, 0.6) is 5.75 Å².